The highest BCUT2D eigenvalue weighted by Gasteiger charge is 2.18. The van der Waals surface area contributed by atoms with E-state index < -0.39 is 11.7 Å². The van der Waals surface area contributed by atoms with Crippen LogP contribution in [0.2, 0.25) is 0 Å². The third kappa shape index (κ3) is 5.33. The van der Waals surface area contributed by atoms with E-state index in [0.29, 0.717) is 25.3 Å². The lowest BCUT2D eigenvalue weighted by molar-refractivity contribution is -0.121. The van der Waals surface area contributed by atoms with E-state index in [1.807, 2.05) is 0 Å². The SMILES string of the molecule is COCCCNC(=O)CN(C)C(=O)c1ccc(OC)cc1F. The number of likely N-dealkylation sites (N-methyl/N-ethyl adjacent to an activating group) is 1. The monoisotopic (exact) mass is 312 g/mol. The molecule has 0 aliphatic heterocycles. The first kappa shape index (κ1) is 17.9. The molecule has 1 rings (SSSR count). The van der Waals surface area contributed by atoms with Gasteiger partial charge in [-0.3, -0.25) is 9.59 Å². The van der Waals surface area contributed by atoms with Crippen LogP contribution in [-0.2, 0) is 9.53 Å². The number of benzene rings is 1. The van der Waals surface area contributed by atoms with Gasteiger partial charge in [0.05, 0.1) is 19.2 Å². The molecule has 1 N–H and O–H groups in total. The maximum absolute atomic E-state index is 13.8. The number of nitrogens with zero attached hydrogens (tertiary/aromatic N) is 1. The van der Waals surface area contributed by atoms with Gasteiger partial charge in [0.25, 0.3) is 5.91 Å². The van der Waals surface area contributed by atoms with E-state index in [1.54, 1.807) is 7.11 Å². The number of amides is 2. The van der Waals surface area contributed by atoms with E-state index in [0.717, 1.165) is 11.0 Å². The fraction of sp³-hybridized carbons (Fsp3) is 0.467. The Hall–Kier alpha value is -2.15. The van der Waals surface area contributed by atoms with Gasteiger partial charge in [0.1, 0.15) is 11.6 Å². The first-order chi connectivity index (χ1) is 10.5. The maximum atomic E-state index is 13.8. The molecule has 1 aromatic carbocycles. The van der Waals surface area contributed by atoms with Crippen LogP contribution in [0.1, 0.15) is 16.8 Å². The van der Waals surface area contributed by atoms with Gasteiger partial charge in [0.2, 0.25) is 5.91 Å². The van der Waals surface area contributed by atoms with Crippen LogP contribution in [0, 0.1) is 5.82 Å². The molecule has 0 bridgehead atoms. The average molecular weight is 312 g/mol. The van der Waals surface area contributed by atoms with E-state index in [9.17, 15) is 14.0 Å². The van der Waals surface area contributed by atoms with E-state index in [2.05, 4.69) is 5.32 Å². The van der Waals surface area contributed by atoms with Crippen molar-refractivity contribution >= 4 is 11.8 Å². The van der Waals surface area contributed by atoms with Crippen molar-refractivity contribution in [1.82, 2.24) is 10.2 Å². The summed E-state index contributed by atoms with van der Waals surface area (Å²) in [5.41, 5.74) is -0.101. The van der Waals surface area contributed by atoms with Crippen molar-refractivity contribution in [3.8, 4) is 5.75 Å². The molecule has 0 unspecified atom stereocenters. The molecule has 0 aliphatic rings. The Balaban J connectivity index is 2.56. The maximum Gasteiger partial charge on any atom is 0.257 e. The summed E-state index contributed by atoms with van der Waals surface area (Å²) < 4.78 is 23.6. The highest BCUT2D eigenvalue weighted by molar-refractivity contribution is 5.96. The van der Waals surface area contributed by atoms with Gasteiger partial charge in [-0.25, -0.2) is 4.39 Å². The molecule has 0 saturated heterocycles. The largest absolute Gasteiger partial charge is 0.497 e. The molecule has 22 heavy (non-hydrogen) atoms. The van der Waals surface area contributed by atoms with Crippen LogP contribution in [0.3, 0.4) is 0 Å². The molecule has 7 heteroatoms. The second-order valence-corrected chi connectivity index (χ2v) is 4.70. The minimum Gasteiger partial charge on any atom is -0.497 e. The highest BCUT2D eigenvalue weighted by Crippen LogP contribution is 2.17. The topological polar surface area (TPSA) is 67.9 Å². The summed E-state index contributed by atoms with van der Waals surface area (Å²) in [5.74, 6) is -1.22. The van der Waals surface area contributed by atoms with Gasteiger partial charge in [0, 0.05) is 33.4 Å². The van der Waals surface area contributed by atoms with Crippen molar-refractivity contribution in [1.29, 1.82) is 0 Å². The Morgan fingerprint density at radius 1 is 1.32 bits per heavy atom. The first-order valence-electron chi connectivity index (χ1n) is 6.84. The third-order valence-corrected chi connectivity index (χ3v) is 2.98. The molecule has 0 spiro atoms. The fourth-order valence-corrected chi connectivity index (χ4v) is 1.79. The van der Waals surface area contributed by atoms with Crippen molar-refractivity contribution in [2.24, 2.45) is 0 Å². The second-order valence-electron chi connectivity index (χ2n) is 4.70. The molecule has 0 aromatic heterocycles. The summed E-state index contributed by atoms with van der Waals surface area (Å²) >= 11 is 0. The zero-order valence-electron chi connectivity index (χ0n) is 13.0. The summed E-state index contributed by atoms with van der Waals surface area (Å²) in [6, 6.07) is 3.96. The normalized spacial score (nSPS) is 10.2. The van der Waals surface area contributed by atoms with Crippen molar-refractivity contribution < 1.29 is 23.5 Å². The minimum atomic E-state index is -0.684. The Bertz CT molecular complexity index is 522. The fourth-order valence-electron chi connectivity index (χ4n) is 1.79. The van der Waals surface area contributed by atoms with Gasteiger partial charge < -0.3 is 19.7 Å². The molecule has 1 aromatic rings. The van der Waals surface area contributed by atoms with Gasteiger partial charge in [-0.2, -0.15) is 0 Å². The molecule has 0 radical (unpaired) electrons. The highest BCUT2D eigenvalue weighted by atomic mass is 19.1. The molecular weight excluding hydrogens is 291 g/mol. The lowest BCUT2D eigenvalue weighted by atomic mass is 10.2. The standard InChI is InChI=1S/C15H21FN2O4/c1-18(10-14(19)17-7-4-8-21-2)15(20)12-6-5-11(22-3)9-13(12)16/h5-6,9H,4,7-8,10H2,1-3H3,(H,17,19). The van der Waals surface area contributed by atoms with Crippen LogP contribution in [0.4, 0.5) is 4.39 Å². The Morgan fingerprint density at radius 3 is 2.64 bits per heavy atom. The predicted octanol–water partition coefficient (Wildman–Crippen LogP) is 1.06. The number of carbonyl (C=O) groups excluding carboxylic acids is 2. The summed E-state index contributed by atoms with van der Waals surface area (Å²) in [6.45, 7) is 0.870. The van der Waals surface area contributed by atoms with Crippen LogP contribution in [0.15, 0.2) is 18.2 Å². The molecule has 0 aliphatic carbocycles. The van der Waals surface area contributed by atoms with Crippen molar-refractivity contribution in [2.75, 3.05) is 41.0 Å². The number of nitrogens with one attached hydrogen (secondary N) is 1. The molecule has 2 amide bonds. The summed E-state index contributed by atoms with van der Waals surface area (Å²) in [4.78, 5) is 25.0. The van der Waals surface area contributed by atoms with Crippen LogP contribution in [0.5, 0.6) is 5.75 Å². The molecule has 122 valence electrons. The van der Waals surface area contributed by atoms with Crippen molar-refractivity contribution in [3.63, 3.8) is 0 Å². The van der Waals surface area contributed by atoms with Crippen LogP contribution >= 0.6 is 0 Å². The van der Waals surface area contributed by atoms with Crippen molar-refractivity contribution in [2.45, 2.75) is 6.42 Å². The number of halogens is 1. The lowest BCUT2D eigenvalue weighted by Gasteiger charge is -2.17. The average Bonchev–Trinajstić information content (AvgIpc) is 2.50. The van der Waals surface area contributed by atoms with Gasteiger partial charge in [0.15, 0.2) is 0 Å². The lowest BCUT2D eigenvalue weighted by Crippen LogP contribution is -2.39. The Labute approximate surface area is 129 Å². The quantitative estimate of drug-likeness (QED) is 0.729. The van der Waals surface area contributed by atoms with Crippen molar-refractivity contribution in [3.05, 3.63) is 29.6 Å². The third-order valence-electron chi connectivity index (χ3n) is 2.98. The van der Waals surface area contributed by atoms with Gasteiger partial charge >= 0.3 is 0 Å². The van der Waals surface area contributed by atoms with Crippen LogP contribution in [-0.4, -0.2) is 57.7 Å². The number of carbonyl (C=O) groups is 2. The Kier molecular flexibility index (Phi) is 7.31. The zero-order chi connectivity index (χ0) is 16.5. The summed E-state index contributed by atoms with van der Waals surface area (Å²) in [6.07, 6.45) is 0.688. The van der Waals surface area contributed by atoms with Gasteiger partial charge in [-0.05, 0) is 18.6 Å². The van der Waals surface area contributed by atoms with Crippen LogP contribution in [0.25, 0.3) is 0 Å². The van der Waals surface area contributed by atoms with Crippen LogP contribution < -0.4 is 10.1 Å². The number of rotatable bonds is 8. The molecule has 0 atom stereocenters. The number of hydrogen-bond donors (Lipinski definition) is 1. The minimum absolute atomic E-state index is 0.101. The Morgan fingerprint density at radius 2 is 2.05 bits per heavy atom. The van der Waals surface area contributed by atoms with E-state index in [4.69, 9.17) is 9.47 Å². The van der Waals surface area contributed by atoms with Gasteiger partial charge in [-0.15, -0.1) is 0 Å². The second kappa shape index (κ2) is 8.99. The number of methoxy groups -OCH3 is 2. The van der Waals surface area contributed by atoms with E-state index >= 15 is 0 Å². The van der Waals surface area contributed by atoms with E-state index in [-0.39, 0.29) is 18.0 Å². The molecule has 0 heterocycles. The molecular formula is C15H21FN2O4. The van der Waals surface area contributed by atoms with E-state index in [1.165, 1.54) is 26.3 Å². The molecule has 0 saturated carbocycles. The molecule has 0 fully saturated rings. The number of ether oxygens (including phenoxy) is 2. The zero-order valence-corrected chi connectivity index (χ0v) is 13.0. The summed E-state index contributed by atoms with van der Waals surface area (Å²) in [5, 5.41) is 2.66. The van der Waals surface area contributed by atoms with Gasteiger partial charge in [-0.1, -0.05) is 0 Å². The first-order valence-corrected chi connectivity index (χ1v) is 6.84. The summed E-state index contributed by atoms with van der Waals surface area (Å²) in [7, 11) is 4.44. The smallest absolute Gasteiger partial charge is 0.257 e. The molecule has 6 nitrogen and oxygen atoms in total. The predicted molar refractivity (Wildman–Crippen MR) is 79.4 cm³/mol. The number of hydrogen-bond acceptors (Lipinski definition) is 4.